The molecular weight excluding hydrogens is 298 g/mol. The van der Waals surface area contributed by atoms with E-state index in [9.17, 15) is 35.9 Å². The van der Waals surface area contributed by atoms with Gasteiger partial charge in [0.1, 0.15) is 12.2 Å². The number of carbonyl (C=O) groups is 2. The summed E-state index contributed by atoms with van der Waals surface area (Å²) in [7, 11) is 0. The highest BCUT2D eigenvalue weighted by atomic mass is 19.4. The average Bonchev–Trinajstić information content (AvgIpc) is 2.29. The highest BCUT2D eigenvalue weighted by molar-refractivity contribution is 5.76. The summed E-state index contributed by atoms with van der Waals surface area (Å²) < 4.78 is 80.3. The van der Waals surface area contributed by atoms with Crippen LogP contribution < -0.4 is 0 Å². The van der Waals surface area contributed by atoms with E-state index in [0.717, 1.165) is 0 Å². The van der Waals surface area contributed by atoms with E-state index < -0.39 is 36.5 Å². The second-order valence-corrected chi connectivity index (χ2v) is 4.17. The Morgan fingerprint density at radius 1 is 0.750 bits per heavy atom. The third-order valence-electron chi connectivity index (χ3n) is 2.62. The van der Waals surface area contributed by atoms with Crippen molar-refractivity contribution in [3.05, 3.63) is 0 Å². The first-order valence-electron chi connectivity index (χ1n) is 5.57. The van der Waals surface area contributed by atoms with Crippen molar-refractivity contribution in [1.82, 2.24) is 0 Å². The molecule has 4 nitrogen and oxygen atoms in total. The van der Waals surface area contributed by atoms with Crippen LogP contribution in [-0.4, -0.2) is 36.5 Å². The molecule has 1 rings (SSSR count). The van der Waals surface area contributed by atoms with E-state index in [4.69, 9.17) is 0 Å². The summed E-state index contributed by atoms with van der Waals surface area (Å²) in [5.41, 5.74) is 0. The van der Waals surface area contributed by atoms with Crippen molar-refractivity contribution < 1.29 is 45.4 Å². The van der Waals surface area contributed by atoms with E-state index in [2.05, 4.69) is 9.47 Å². The molecule has 116 valence electrons. The normalized spacial score (nSPS) is 24.1. The van der Waals surface area contributed by atoms with E-state index >= 15 is 0 Å². The molecule has 1 fully saturated rings. The number of hydrogen-bond acceptors (Lipinski definition) is 4. The van der Waals surface area contributed by atoms with Crippen LogP contribution in [0.1, 0.15) is 25.7 Å². The fraction of sp³-hybridized carbons (Fsp3) is 0.800. The predicted octanol–water partition coefficient (Wildman–Crippen LogP) is 2.51. The molecule has 0 saturated heterocycles. The Balaban J connectivity index is 2.68. The van der Waals surface area contributed by atoms with Gasteiger partial charge in [-0.25, -0.2) is 9.59 Å². The van der Waals surface area contributed by atoms with Gasteiger partial charge in [-0.2, -0.15) is 26.3 Å². The monoisotopic (exact) mass is 308 g/mol. The molecule has 0 aliphatic heterocycles. The van der Waals surface area contributed by atoms with Gasteiger partial charge in [0.2, 0.25) is 0 Å². The van der Waals surface area contributed by atoms with Crippen LogP contribution >= 0.6 is 0 Å². The van der Waals surface area contributed by atoms with Crippen molar-refractivity contribution in [2.45, 2.75) is 50.2 Å². The molecule has 2 atom stereocenters. The lowest BCUT2D eigenvalue weighted by Crippen LogP contribution is -2.42. The molecule has 0 aromatic carbocycles. The topological polar surface area (TPSA) is 52.6 Å². The lowest BCUT2D eigenvalue weighted by Gasteiger charge is -2.30. The summed E-state index contributed by atoms with van der Waals surface area (Å²) in [5.74, 6) is -5.03. The standard InChI is InChI=1S/C10H10F6O4/c11-9(12,13)7(17)19-5-3-1-2-4-6(5)20-8(18)10(14,15)16/h5-6H,1-4H2/t5-,6+. The predicted molar refractivity (Wildman–Crippen MR) is 50.3 cm³/mol. The number of alkyl halides is 6. The lowest BCUT2D eigenvalue weighted by atomic mass is 9.94. The number of hydrogen-bond donors (Lipinski definition) is 0. The highest BCUT2D eigenvalue weighted by Crippen LogP contribution is 2.29. The van der Waals surface area contributed by atoms with Crippen molar-refractivity contribution in [3.63, 3.8) is 0 Å². The summed E-state index contributed by atoms with van der Waals surface area (Å²) in [6.07, 6.45) is -13.0. The third kappa shape index (κ3) is 4.57. The first-order chi connectivity index (χ1) is 9.01. The van der Waals surface area contributed by atoms with Crippen molar-refractivity contribution in [2.24, 2.45) is 0 Å². The molecule has 0 aromatic heterocycles. The summed E-state index contributed by atoms with van der Waals surface area (Å²) >= 11 is 0. The fourth-order valence-corrected chi connectivity index (χ4v) is 1.74. The Morgan fingerprint density at radius 2 is 1.05 bits per heavy atom. The zero-order valence-corrected chi connectivity index (χ0v) is 9.88. The molecule has 20 heavy (non-hydrogen) atoms. The first-order valence-corrected chi connectivity index (χ1v) is 5.57. The molecule has 10 heteroatoms. The lowest BCUT2D eigenvalue weighted by molar-refractivity contribution is -0.223. The number of ether oxygens (including phenoxy) is 2. The van der Waals surface area contributed by atoms with Gasteiger partial charge in [-0.3, -0.25) is 0 Å². The zero-order valence-electron chi connectivity index (χ0n) is 9.88. The van der Waals surface area contributed by atoms with Crippen LogP contribution in [-0.2, 0) is 19.1 Å². The number of rotatable bonds is 2. The van der Waals surface area contributed by atoms with Crippen molar-refractivity contribution in [2.75, 3.05) is 0 Å². The average molecular weight is 308 g/mol. The van der Waals surface area contributed by atoms with Gasteiger partial charge >= 0.3 is 24.3 Å². The molecule has 0 spiro atoms. The van der Waals surface area contributed by atoms with Gasteiger partial charge in [-0.05, 0) is 25.7 Å². The van der Waals surface area contributed by atoms with E-state index in [1.807, 2.05) is 0 Å². The molecular formula is C10H10F6O4. The van der Waals surface area contributed by atoms with Gasteiger partial charge in [-0.15, -0.1) is 0 Å². The second-order valence-electron chi connectivity index (χ2n) is 4.17. The van der Waals surface area contributed by atoms with Gasteiger partial charge in [0.05, 0.1) is 0 Å². The Morgan fingerprint density at radius 3 is 1.30 bits per heavy atom. The summed E-state index contributed by atoms with van der Waals surface area (Å²) in [5, 5.41) is 0. The molecule has 1 saturated carbocycles. The second kappa shape index (κ2) is 5.88. The number of esters is 2. The molecule has 0 heterocycles. The van der Waals surface area contributed by atoms with E-state index in [0.29, 0.717) is 12.8 Å². The largest absolute Gasteiger partial charge is 0.490 e. The Bertz CT molecular complexity index is 339. The minimum absolute atomic E-state index is 0.0996. The molecule has 1 aliphatic rings. The van der Waals surface area contributed by atoms with E-state index in [-0.39, 0.29) is 12.8 Å². The van der Waals surface area contributed by atoms with Gasteiger partial charge in [0.15, 0.2) is 0 Å². The smallest absolute Gasteiger partial charge is 0.452 e. The maximum atomic E-state index is 12.0. The number of halogens is 6. The maximum Gasteiger partial charge on any atom is 0.490 e. The molecule has 0 N–H and O–H groups in total. The first kappa shape index (κ1) is 16.6. The van der Waals surface area contributed by atoms with Gasteiger partial charge < -0.3 is 9.47 Å². The van der Waals surface area contributed by atoms with Gasteiger partial charge in [0, 0.05) is 0 Å². The van der Waals surface area contributed by atoms with Crippen LogP contribution in [0, 0.1) is 0 Å². The van der Waals surface area contributed by atoms with Crippen molar-refractivity contribution in [3.8, 4) is 0 Å². The molecule has 0 radical (unpaired) electrons. The van der Waals surface area contributed by atoms with Gasteiger partial charge in [-0.1, -0.05) is 0 Å². The van der Waals surface area contributed by atoms with Crippen LogP contribution in [0.25, 0.3) is 0 Å². The zero-order chi connectivity index (χ0) is 15.6. The van der Waals surface area contributed by atoms with E-state index in [1.165, 1.54) is 0 Å². The van der Waals surface area contributed by atoms with Crippen LogP contribution in [0.5, 0.6) is 0 Å². The van der Waals surface area contributed by atoms with Crippen LogP contribution in [0.3, 0.4) is 0 Å². The molecule has 1 aliphatic carbocycles. The summed E-state index contributed by atoms with van der Waals surface area (Å²) in [6, 6.07) is 0. The Kier molecular flexibility index (Phi) is 4.87. The van der Waals surface area contributed by atoms with Crippen LogP contribution in [0.2, 0.25) is 0 Å². The van der Waals surface area contributed by atoms with Gasteiger partial charge in [0.25, 0.3) is 0 Å². The highest BCUT2D eigenvalue weighted by Gasteiger charge is 2.47. The SMILES string of the molecule is O=C(O[C@H]1CCCC[C@H]1OC(=O)C(F)(F)F)C(F)(F)F. The molecule has 0 aromatic rings. The van der Waals surface area contributed by atoms with Crippen LogP contribution in [0.15, 0.2) is 0 Å². The minimum Gasteiger partial charge on any atom is -0.452 e. The quantitative estimate of drug-likeness (QED) is 0.581. The summed E-state index contributed by atoms with van der Waals surface area (Å²) in [4.78, 5) is 21.3. The molecule has 0 bridgehead atoms. The number of carbonyl (C=O) groups excluding carboxylic acids is 2. The fourth-order valence-electron chi connectivity index (χ4n) is 1.74. The molecule has 0 unspecified atom stereocenters. The Labute approximate surface area is 109 Å². The van der Waals surface area contributed by atoms with E-state index in [1.54, 1.807) is 0 Å². The minimum atomic E-state index is -5.25. The van der Waals surface area contributed by atoms with Crippen molar-refractivity contribution in [1.29, 1.82) is 0 Å². The third-order valence-corrected chi connectivity index (χ3v) is 2.62. The summed E-state index contributed by atoms with van der Waals surface area (Å²) in [6.45, 7) is 0. The van der Waals surface area contributed by atoms with Crippen molar-refractivity contribution >= 4 is 11.9 Å². The van der Waals surface area contributed by atoms with Crippen LogP contribution in [0.4, 0.5) is 26.3 Å². The molecule has 0 amide bonds. The Hall–Kier alpha value is -1.48. The maximum absolute atomic E-state index is 12.0.